The van der Waals surface area contributed by atoms with E-state index in [2.05, 4.69) is 62.3 Å². The number of imidazole rings is 1. The van der Waals surface area contributed by atoms with Crippen LogP contribution in [0, 0.1) is 0 Å². The molecule has 0 saturated carbocycles. The average molecular weight is 494 g/mol. The van der Waals surface area contributed by atoms with Crippen LogP contribution in [0.4, 0.5) is 4.79 Å². The number of likely N-dealkylation sites (tertiary alicyclic amines) is 1. The number of ether oxygens (including phenoxy) is 1. The molecule has 1 amide bonds. The lowest BCUT2D eigenvalue weighted by molar-refractivity contribution is 0.0218. The molecule has 2 heterocycles. The van der Waals surface area contributed by atoms with Crippen molar-refractivity contribution in [3.63, 3.8) is 0 Å². The summed E-state index contributed by atoms with van der Waals surface area (Å²) in [7, 11) is 0. The second kappa shape index (κ2) is 8.07. The number of aryl methyl sites for hydroxylation is 2. The van der Waals surface area contributed by atoms with Crippen LogP contribution in [0.25, 0.3) is 22.4 Å². The molecule has 0 spiro atoms. The number of aromatic nitrogens is 2. The molecule has 1 saturated heterocycles. The molecule has 5 nitrogen and oxygen atoms in total. The van der Waals surface area contributed by atoms with E-state index in [1.165, 1.54) is 22.3 Å². The number of hydrogen-bond donors (Lipinski definition) is 1. The van der Waals surface area contributed by atoms with Gasteiger partial charge in [-0.1, -0.05) is 34.1 Å². The van der Waals surface area contributed by atoms with Gasteiger partial charge in [0.2, 0.25) is 0 Å². The SMILES string of the molecule is CC(C)(C)OC(=O)N1CCCC1c1ncc(-c2ccc3c(c2)CCc2cc(Br)ccc2-3)[nH]1. The largest absolute Gasteiger partial charge is 0.444 e. The first-order valence-electron chi connectivity index (χ1n) is 11.2. The molecule has 166 valence electrons. The lowest BCUT2D eigenvalue weighted by Gasteiger charge is -2.27. The second-order valence-electron chi connectivity index (χ2n) is 9.69. The van der Waals surface area contributed by atoms with Crippen molar-refractivity contribution >= 4 is 22.0 Å². The smallest absolute Gasteiger partial charge is 0.410 e. The first-order chi connectivity index (χ1) is 15.3. The van der Waals surface area contributed by atoms with Crippen LogP contribution in [-0.4, -0.2) is 33.1 Å². The van der Waals surface area contributed by atoms with Crippen molar-refractivity contribution in [1.29, 1.82) is 0 Å². The van der Waals surface area contributed by atoms with Gasteiger partial charge in [-0.2, -0.15) is 0 Å². The van der Waals surface area contributed by atoms with Crippen LogP contribution >= 0.6 is 15.9 Å². The summed E-state index contributed by atoms with van der Waals surface area (Å²) in [5, 5.41) is 0. The predicted octanol–water partition coefficient (Wildman–Crippen LogP) is 6.68. The summed E-state index contributed by atoms with van der Waals surface area (Å²) in [6.45, 7) is 6.39. The summed E-state index contributed by atoms with van der Waals surface area (Å²) in [6, 6.07) is 13.1. The van der Waals surface area contributed by atoms with Crippen molar-refractivity contribution in [3.05, 3.63) is 64.0 Å². The minimum absolute atomic E-state index is 0.0680. The zero-order chi connectivity index (χ0) is 22.5. The van der Waals surface area contributed by atoms with E-state index in [4.69, 9.17) is 4.74 Å². The van der Waals surface area contributed by atoms with Crippen LogP contribution in [0.15, 0.2) is 47.1 Å². The first-order valence-corrected chi connectivity index (χ1v) is 12.0. The van der Waals surface area contributed by atoms with Gasteiger partial charge in [-0.05, 0) is 92.5 Å². The number of amides is 1. The highest BCUT2D eigenvalue weighted by atomic mass is 79.9. The Balaban J connectivity index is 1.40. The predicted molar refractivity (Wildman–Crippen MR) is 129 cm³/mol. The third kappa shape index (κ3) is 4.08. The third-order valence-electron chi connectivity index (χ3n) is 6.23. The van der Waals surface area contributed by atoms with E-state index >= 15 is 0 Å². The fraction of sp³-hybridized carbons (Fsp3) is 0.385. The van der Waals surface area contributed by atoms with E-state index in [9.17, 15) is 4.79 Å². The van der Waals surface area contributed by atoms with Gasteiger partial charge >= 0.3 is 6.09 Å². The van der Waals surface area contributed by atoms with Crippen LogP contribution in [0.1, 0.15) is 56.6 Å². The van der Waals surface area contributed by atoms with Gasteiger partial charge in [0.05, 0.1) is 17.9 Å². The van der Waals surface area contributed by atoms with Gasteiger partial charge in [0.15, 0.2) is 0 Å². The fourth-order valence-corrected chi connectivity index (χ4v) is 5.18. The molecule has 0 bridgehead atoms. The fourth-order valence-electron chi connectivity index (χ4n) is 4.77. The summed E-state index contributed by atoms with van der Waals surface area (Å²) < 4.78 is 6.74. The summed E-state index contributed by atoms with van der Waals surface area (Å²) >= 11 is 3.59. The minimum atomic E-state index is -0.504. The Bertz CT molecular complexity index is 1180. The van der Waals surface area contributed by atoms with Gasteiger partial charge in [0.25, 0.3) is 0 Å². The molecular formula is C26H28BrN3O2. The Hall–Kier alpha value is -2.60. The Morgan fingerprint density at radius 2 is 1.84 bits per heavy atom. The molecule has 2 aromatic carbocycles. The number of fused-ring (bicyclic) bond motifs is 3. The van der Waals surface area contributed by atoms with E-state index in [1.54, 1.807) is 4.90 Å². The molecule has 32 heavy (non-hydrogen) atoms. The van der Waals surface area contributed by atoms with Crippen LogP contribution in [0.2, 0.25) is 0 Å². The van der Waals surface area contributed by atoms with E-state index in [-0.39, 0.29) is 12.1 Å². The summed E-state index contributed by atoms with van der Waals surface area (Å²) in [6.07, 6.45) is 5.54. The van der Waals surface area contributed by atoms with Crippen molar-refractivity contribution in [2.24, 2.45) is 0 Å². The number of aromatic amines is 1. The number of rotatable bonds is 2. The maximum absolute atomic E-state index is 12.7. The Morgan fingerprint density at radius 1 is 1.12 bits per heavy atom. The molecule has 1 aliphatic carbocycles. The van der Waals surface area contributed by atoms with Crippen LogP contribution in [0.5, 0.6) is 0 Å². The zero-order valence-electron chi connectivity index (χ0n) is 18.7. The number of halogens is 1. The number of carbonyl (C=O) groups excluding carboxylic acids is 1. The molecule has 5 rings (SSSR count). The van der Waals surface area contributed by atoms with Gasteiger partial charge < -0.3 is 9.72 Å². The molecule has 1 atom stereocenters. The maximum Gasteiger partial charge on any atom is 0.410 e. The van der Waals surface area contributed by atoms with E-state index < -0.39 is 5.60 Å². The van der Waals surface area contributed by atoms with E-state index in [0.717, 1.165) is 47.2 Å². The van der Waals surface area contributed by atoms with Gasteiger partial charge in [-0.25, -0.2) is 9.78 Å². The van der Waals surface area contributed by atoms with Crippen molar-refractivity contribution in [2.75, 3.05) is 6.54 Å². The Kier molecular flexibility index (Phi) is 5.36. The van der Waals surface area contributed by atoms with Crippen molar-refractivity contribution < 1.29 is 9.53 Å². The molecule has 2 aliphatic rings. The number of nitrogens with one attached hydrogen (secondary N) is 1. The van der Waals surface area contributed by atoms with Crippen molar-refractivity contribution in [3.8, 4) is 22.4 Å². The Labute approximate surface area is 197 Å². The maximum atomic E-state index is 12.7. The van der Waals surface area contributed by atoms with Gasteiger partial charge in [-0.15, -0.1) is 0 Å². The highest BCUT2D eigenvalue weighted by molar-refractivity contribution is 9.10. The molecule has 3 aromatic rings. The molecule has 1 aromatic heterocycles. The lowest BCUT2D eigenvalue weighted by Crippen LogP contribution is -2.36. The first kappa shape index (κ1) is 21.3. The number of hydrogen-bond acceptors (Lipinski definition) is 3. The number of H-pyrrole nitrogens is 1. The van der Waals surface area contributed by atoms with Crippen molar-refractivity contribution in [2.45, 2.75) is 58.1 Å². The minimum Gasteiger partial charge on any atom is -0.444 e. The van der Waals surface area contributed by atoms with E-state index in [1.807, 2.05) is 27.0 Å². The van der Waals surface area contributed by atoms with Gasteiger partial charge in [0, 0.05) is 11.0 Å². The third-order valence-corrected chi connectivity index (χ3v) is 6.72. The highest BCUT2D eigenvalue weighted by Gasteiger charge is 2.34. The molecule has 1 aliphatic heterocycles. The highest BCUT2D eigenvalue weighted by Crippen LogP contribution is 2.38. The second-order valence-corrected chi connectivity index (χ2v) is 10.6. The lowest BCUT2D eigenvalue weighted by atomic mass is 9.84. The normalized spacial score (nSPS) is 17.8. The standard InChI is InChI=1S/C26H28BrN3O2/c1-26(2,3)32-25(31)30-12-4-5-23(30)24-28-15-22(29-24)18-8-10-20-16(13-18)6-7-17-14-19(27)9-11-21(17)20/h8-11,13-15,23H,4-7,12H2,1-3H3,(H,28,29). The topological polar surface area (TPSA) is 58.2 Å². The number of carbonyl (C=O) groups is 1. The summed E-state index contributed by atoms with van der Waals surface area (Å²) in [5.41, 5.74) is 7.01. The van der Waals surface area contributed by atoms with E-state index in [0.29, 0.717) is 6.54 Å². The van der Waals surface area contributed by atoms with Gasteiger partial charge in [0.1, 0.15) is 11.4 Å². The molecule has 1 unspecified atom stereocenters. The summed E-state index contributed by atoms with van der Waals surface area (Å²) in [4.78, 5) is 22.6. The zero-order valence-corrected chi connectivity index (χ0v) is 20.3. The molecule has 1 N–H and O–H groups in total. The van der Waals surface area contributed by atoms with Crippen LogP contribution < -0.4 is 0 Å². The summed E-state index contributed by atoms with van der Waals surface area (Å²) in [5.74, 6) is 0.830. The Morgan fingerprint density at radius 3 is 2.59 bits per heavy atom. The van der Waals surface area contributed by atoms with Crippen LogP contribution in [-0.2, 0) is 17.6 Å². The average Bonchev–Trinajstić information content (AvgIpc) is 3.41. The molecular weight excluding hydrogens is 466 g/mol. The molecule has 0 radical (unpaired) electrons. The van der Waals surface area contributed by atoms with Gasteiger partial charge in [-0.3, -0.25) is 4.90 Å². The van der Waals surface area contributed by atoms with Crippen LogP contribution in [0.3, 0.4) is 0 Å². The number of nitrogens with zero attached hydrogens (tertiary/aromatic N) is 2. The molecule has 6 heteroatoms. The number of benzene rings is 2. The quantitative estimate of drug-likeness (QED) is 0.433. The molecule has 1 fully saturated rings. The monoisotopic (exact) mass is 493 g/mol. The van der Waals surface area contributed by atoms with Crippen molar-refractivity contribution in [1.82, 2.24) is 14.9 Å².